The number of carbonyl (C=O) groups excluding carboxylic acids is 2. The summed E-state index contributed by atoms with van der Waals surface area (Å²) in [5, 5.41) is -5.16. The SMILES string of the molecule is O=C1OC2(CC3CC2CC3OC(=O)C(F)(F)S(=O)(=O)[O-])Oc2cccc(I)c21. The third kappa shape index (κ3) is 2.87. The van der Waals surface area contributed by atoms with E-state index in [4.69, 9.17) is 9.47 Å². The fourth-order valence-electron chi connectivity index (χ4n) is 4.10. The van der Waals surface area contributed by atoms with Gasteiger partial charge in [0.2, 0.25) is 0 Å². The van der Waals surface area contributed by atoms with Gasteiger partial charge in [-0.2, -0.15) is 8.78 Å². The van der Waals surface area contributed by atoms with Crippen LogP contribution in [0.1, 0.15) is 29.6 Å². The minimum atomic E-state index is -6.18. The Morgan fingerprint density at radius 2 is 2.04 bits per heavy atom. The van der Waals surface area contributed by atoms with Crippen LogP contribution in [-0.4, -0.2) is 42.1 Å². The van der Waals surface area contributed by atoms with Crippen LogP contribution in [0.3, 0.4) is 0 Å². The molecule has 4 atom stereocenters. The first-order valence-corrected chi connectivity index (χ1v) is 10.7. The van der Waals surface area contributed by atoms with Crippen LogP contribution in [0.25, 0.3) is 0 Å². The number of benzene rings is 1. The minimum absolute atomic E-state index is 0.0396. The molecule has 0 radical (unpaired) electrons. The van der Waals surface area contributed by atoms with E-state index >= 15 is 0 Å². The molecule has 2 fully saturated rings. The number of fused-ring (bicyclic) bond motifs is 4. The molecule has 1 aliphatic heterocycles. The Labute approximate surface area is 171 Å². The smallest absolute Gasteiger partial charge is 0.428 e. The fourth-order valence-corrected chi connectivity index (χ4v) is 5.04. The summed E-state index contributed by atoms with van der Waals surface area (Å²) in [4.78, 5) is 23.9. The molecule has 8 nitrogen and oxygen atoms in total. The van der Waals surface area contributed by atoms with Gasteiger partial charge in [0.05, 0.1) is 0 Å². The maximum absolute atomic E-state index is 13.4. The van der Waals surface area contributed by atoms with E-state index in [-0.39, 0.29) is 12.8 Å². The molecule has 0 aromatic heterocycles. The molecule has 4 unspecified atom stereocenters. The molecule has 152 valence electrons. The molecule has 12 heteroatoms. The van der Waals surface area contributed by atoms with Crippen molar-refractivity contribution in [3.63, 3.8) is 0 Å². The summed E-state index contributed by atoms with van der Waals surface area (Å²) >= 11 is 1.98. The first kappa shape index (κ1) is 19.8. The molecule has 2 saturated carbocycles. The lowest BCUT2D eigenvalue weighted by atomic mass is 9.90. The summed E-state index contributed by atoms with van der Waals surface area (Å²) in [7, 11) is -6.18. The van der Waals surface area contributed by atoms with E-state index in [1.54, 1.807) is 18.2 Å². The lowest BCUT2D eigenvalue weighted by molar-refractivity contribution is -0.202. The monoisotopic (exact) mass is 529 g/mol. The van der Waals surface area contributed by atoms with Crippen molar-refractivity contribution < 1.29 is 45.6 Å². The average Bonchev–Trinajstić information content (AvgIpc) is 3.10. The second-order valence-corrected chi connectivity index (χ2v) is 9.55. The largest absolute Gasteiger partial charge is 0.743 e. The maximum Gasteiger partial charge on any atom is 0.428 e. The highest BCUT2D eigenvalue weighted by molar-refractivity contribution is 14.1. The first-order chi connectivity index (χ1) is 12.9. The normalized spacial score (nSPS) is 31.3. The van der Waals surface area contributed by atoms with E-state index in [0.717, 1.165) is 0 Å². The summed E-state index contributed by atoms with van der Waals surface area (Å²) in [6.45, 7) is 0. The zero-order chi connectivity index (χ0) is 20.5. The lowest BCUT2D eigenvalue weighted by Crippen LogP contribution is -2.51. The molecule has 0 saturated heterocycles. The molecule has 2 aliphatic carbocycles. The van der Waals surface area contributed by atoms with Crippen molar-refractivity contribution in [3.8, 4) is 5.75 Å². The molecular formula is C16H12F2IO8S-. The van der Waals surface area contributed by atoms with Crippen LogP contribution in [0.5, 0.6) is 5.75 Å². The topological polar surface area (TPSA) is 119 Å². The predicted octanol–water partition coefficient (Wildman–Crippen LogP) is 2.02. The van der Waals surface area contributed by atoms with E-state index in [1.165, 1.54) is 0 Å². The highest BCUT2D eigenvalue weighted by Crippen LogP contribution is 2.56. The summed E-state index contributed by atoms with van der Waals surface area (Å²) in [6, 6.07) is 5.07. The van der Waals surface area contributed by atoms with Crippen molar-refractivity contribution in [1.82, 2.24) is 0 Å². The van der Waals surface area contributed by atoms with Gasteiger partial charge in [-0.05, 0) is 47.6 Å². The Kier molecular flexibility index (Phi) is 4.39. The molecular weight excluding hydrogens is 517 g/mol. The Bertz CT molecular complexity index is 981. The Hall–Kier alpha value is -1.54. The summed E-state index contributed by atoms with van der Waals surface area (Å²) in [5.41, 5.74) is 0.305. The molecule has 2 bridgehead atoms. The quantitative estimate of drug-likeness (QED) is 0.332. The van der Waals surface area contributed by atoms with Crippen molar-refractivity contribution in [2.75, 3.05) is 0 Å². The molecule has 28 heavy (non-hydrogen) atoms. The zero-order valence-corrected chi connectivity index (χ0v) is 16.9. The first-order valence-electron chi connectivity index (χ1n) is 8.20. The second-order valence-electron chi connectivity index (χ2n) is 6.96. The van der Waals surface area contributed by atoms with Crippen LogP contribution < -0.4 is 4.74 Å². The fraction of sp³-hybridized carbons (Fsp3) is 0.500. The Balaban J connectivity index is 1.51. The predicted molar refractivity (Wildman–Crippen MR) is 93.3 cm³/mol. The van der Waals surface area contributed by atoms with Gasteiger partial charge in [-0.25, -0.2) is 18.0 Å². The summed E-state index contributed by atoms with van der Waals surface area (Å²) < 4.78 is 75.2. The molecule has 1 spiro atoms. The van der Waals surface area contributed by atoms with Gasteiger partial charge in [-0.1, -0.05) is 6.07 Å². The van der Waals surface area contributed by atoms with Crippen LogP contribution >= 0.6 is 22.6 Å². The van der Waals surface area contributed by atoms with E-state index in [0.29, 0.717) is 21.3 Å². The molecule has 0 amide bonds. The molecule has 1 aromatic carbocycles. The van der Waals surface area contributed by atoms with Crippen LogP contribution in [-0.2, 0) is 24.4 Å². The van der Waals surface area contributed by atoms with Gasteiger partial charge in [-0.3, -0.25) is 0 Å². The molecule has 3 aliphatic rings. The van der Waals surface area contributed by atoms with E-state index in [9.17, 15) is 31.3 Å². The summed E-state index contributed by atoms with van der Waals surface area (Å²) in [6.07, 6.45) is -0.504. The van der Waals surface area contributed by atoms with Crippen LogP contribution in [0.2, 0.25) is 0 Å². The van der Waals surface area contributed by atoms with Crippen LogP contribution in [0, 0.1) is 15.4 Å². The molecule has 1 heterocycles. The number of hydrogen-bond donors (Lipinski definition) is 0. The third-order valence-electron chi connectivity index (χ3n) is 5.34. The minimum Gasteiger partial charge on any atom is -0.743 e. The number of rotatable bonds is 3. The molecule has 1 aromatic rings. The van der Waals surface area contributed by atoms with Gasteiger partial charge in [0, 0.05) is 21.8 Å². The zero-order valence-electron chi connectivity index (χ0n) is 13.9. The van der Waals surface area contributed by atoms with Crippen molar-refractivity contribution in [2.45, 2.75) is 36.4 Å². The van der Waals surface area contributed by atoms with Gasteiger partial charge in [0.15, 0.2) is 10.1 Å². The van der Waals surface area contributed by atoms with Crippen molar-refractivity contribution >= 4 is 44.6 Å². The van der Waals surface area contributed by atoms with Gasteiger partial charge in [-0.15, -0.1) is 0 Å². The standard InChI is InChI=1S/C16H13F2IO8S/c17-16(18,28(22,23)24)14(21)25-11-5-8-4-7(11)6-15(8)26-10-3-1-2-9(19)12(10)13(20)27-15/h1-3,7-8,11H,4-6H2,(H,22,23,24)/p-1. The maximum atomic E-state index is 13.4. The van der Waals surface area contributed by atoms with Crippen LogP contribution in [0.4, 0.5) is 8.78 Å². The molecule has 0 N–H and O–H groups in total. The third-order valence-corrected chi connectivity index (χ3v) is 7.03. The van der Waals surface area contributed by atoms with Gasteiger partial charge in [0.25, 0.3) is 5.79 Å². The molecule has 4 rings (SSSR count). The number of hydrogen-bond acceptors (Lipinski definition) is 8. The van der Waals surface area contributed by atoms with Gasteiger partial charge in [0.1, 0.15) is 17.4 Å². The van der Waals surface area contributed by atoms with Crippen molar-refractivity contribution in [2.24, 2.45) is 11.8 Å². The Morgan fingerprint density at radius 1 is 1.32 bits per heavy atom. The van der Waals surface area contributed by atoms with Gasteiger partial charge < -0.3 is 18.8 Å². The van der Waals surface area contributed by atoms with Gasteiger partial charge >= 0.3 is 17.2 Å². The number of ether oxygens (including phenoxy) is 3. The van der Waals surface area contributed by atoms with Crippen LogP contribution in [0.15, 0.2) is 18.2 Å². The highest BCUT2D eigenvalue weighted by atomic mass is 127. The van der Waals surface area contributed by atoms with E-state index in [2.05, 4.69) is 4.74 Å². The number of alkyl halides is 2. The highest BCUT2D eigenvalue weighted by Gasteiger charge is 2.63. The van der Waals surface area contributed by atoms with E-state index < -0.39 is 51.0 Å². The van der Waals surface area contributed by atoms with E-state index in [1.807, 2.05) is 22.6 Å². The second kappa shape index (κ2) is 6.23. The average molecular weight is 529 g/mol. The Morgan fingerprint density at radius 3 is 2.64 bits per heavy atom. The number of halogens is 3. The number of esters is 2. The lowest BCUT2D eigenvalue weighted by Gasteiger charge is -2.42. The number of carbonyl (C=O) groups is 2. The van der Waals surface area contributed by atoms with Crippen molar-refractivity contribution in [3.05, 3.63) is 27.3 Å². The van der Waals surface area contributed by atoms with Crippen molar-refractivity contribution in [1.29, 1.82) is 0 Å². The summed E-state index contributed by atoms with van der Waals surface area (Å²) in [5.74, 6) is -4.78.